The second-order valence-electron chi connectivity index (χ2n) is 16.0. The summed E-state index contributed by atoms with van der Waals surface area (Å²) < 4.78 is 0. The summed E-state index contributed by atoms with van der Waals surface area (Å²) in [5.74, 6) is 0.0256. The molecule has 0 amide bonds. The van der Waals surface area contributed by atoms with Crippen LogP contribution in [0, 0.1) is 62.7 Å². The molecule has 0 aromatic rings. The molecular weight excluding hydrogens is 462 g/mol. The number of hydrogen-bond donors (Lipinski definition) is 1. The van der Waals surface area contributed by atoms with Gasteiger partial charge >= 0.3 is 5.97 Å². The van der Waals surface area contributed by atoms with Crippen LogP contribution in [-0.4, -0.2) is 28.7 Å². The lowest BCUT2D eigenvalue weighted by Gasteiger charge is -2.72. The van der Waals surface area contributed by atoms with Crippen LogP contribution >= 0.6 is 0 Å². The van der Waals surface area contributed by atoms with Gasteiger partial charge in [-0.2, -0.15) is 0 Å². The molecule has 5 aliphatic carbocycles. The third-order valence-electron chi connectivity index (χ3n) is 13.6. The number of carbonyl (C=O) groups excluding carboxylic acids is 2. The molecule has 0 spiro atoms. The summed E-state index contributed by atoms with van der Waals surface area (Å²) in [5.41, 5.74) is -1.22. The summed E-state index contributed by atoms with van der Waals surface area (Å²) in [6.45, 7) is 23.6. The first-order valence-electron chi connectivity index (χ1n) is 14.6. The number of ketones is 2. The average Bonchev–Trinajstić information content (AvgIpc) is 2.78. The van der Waals surface area contributed by atoms with Crippen molar-refractivity contribution in [3.8, 4) is 0 Å². The van der Waals surface area contributed by atoms with Gasteiger partial charge in [-0.1, -0.05) is 48.5 Å². The van der Waals surface area contributed by atoms with Crippen LogP contribution in [0.5, 0.6) is 0 Å². The number of Topliss-reactive ketones (excluding diaryl/α,β-unsaturated/α-hetero) is 2. The third-order valence-corrected chi connectivity index (χ3v) is 13.6. The van der Waals surface area contributed by atoms with Gasteiger partial charge < -0.3 is 9.95 Å². The highest BCUT2D eigenvalue weighted by molar-refractivity contribution is 5.92. The Morgan fingerprint density at radius 2 is 1.57 bits per heavy atom. The van der Waals surface area contributed by atoms with Crippen LogP contribution in [0.3, 0.4) is 0 Å². The van der Waals surface area contributed by atoms with Crippen molar-refractivity contribution in [3.63, 3.8) is 0 Å². The zero-order valence-corrected chi connectivity index (χ0v) is 24.1. The summed E-state index contributed by atoms with van der Waals surface area (Å²) in [7, 11) is 0. The maximum absolute atomic E-state index is 14.4. The van der Waals surface area contributed by atoms with Crippen molar-refractivity contribution >= 4 is 17.5 Å². The van der Waals surface area contributed by atoms with Gasteiger partial charge in [0.25, 0.3) is 6.04 Å². The molecule has 0 saturated heterocycles. The smallest absolute Gasteiger partial charge is 0.303 e. The molecular formula is C32H47NO4. The second kappa shape index (κ2) is 7.92. The first kappa shape index (κ1) is 26.9. The lowest BCUT2D eigenvalue weighted by atomic mass is 9.31. The summed E-state index contributed by atoms with van der Waals surface area (Å²) in [5, 5.41) is 9.94. The van der Waals surface area contributed by atoms with Crippen molar-refractivity contribution in [1.29, 1.82) is 0 Å². The number of rotatable bonds is 2. The van der Waals surface area contributed by atoms with E-state index in [2.05, 4.69) is 39.5 Å². The Balaban J connectivity index is 1.60. The maximum atomic E-state index is 14.4. The van der Waals surface area contributed by atoms with E-state index in [1.54, 1.807) is 0 Å². The first-order valence-corrected chi connectivity index (χ1v) is 14.6. The van der Waals surface area contributed by atoms with Crippen molar-refractivity contribution in [2.45, 2.75) is 119 Å². The van der Waals surface area contributed by atoms with Crippen LogP contribution in [0.1, 0.15) is 113 Å². The lowest BCUT2D eigenvalue weighted by Crippen LogP contribution is -2.70. The average molecular weight is 510 g/mol. The van der Waals surface area contributed by atoms with Gasteiger partial charge in [-0.15, -0.1) is 0 Å². The number of nitrogens with zero attached hydrogens (tertiary/aromatic N) is 1. The SMILES string of the molecule is [C-]#[N+]C1C[C@]2(C)[C@H]3CC(=O)[C@@H]4[C@@H]5CC(C)(C)CC[C@]5(CC(=O)O)CC[C@@]4(C)[C@]3(C)CC[C@H]2C(C)(C)C1=O. The van der Waals surface area contributed by atoms with Crippen molar-refractivity contribution in [2.24, 2.45) is 56.2 Å². The van der Waals surface area contributed by atoms with E-state index in [0.29, 0.717) is 18.6 Å². The van der Waals surface area contributed by atoms with Gasteiger partial charge in [0.2, 0.25) is 5.78 Å². The van der Waals surface area contributed by atoms with E-state index in [1.807, 2.05) is 13.8 Å². The molecule has 0 radical (unpaired) electrons. The van der Waals surface area contributed by atoms with Gasteiger partial charge in [0.15, 0.2) is 0 Å². The summed E-state index contributed by atoms with van der Waals surface area (Å²) in [4.78, 5) is 43.6. The number of carboxylic acids is 1. The van der Waals surface area contributed by atoms with E-state index in [1.165, 1.54) is 0 Å². The van der Waals surface area contributed by atoms with Crippen LogP contribution < -0.4 is 0 Å². The van der Waals surface area contributed by atoms with E-state index >= 15 is 0 Å². The monoisotopic (exact) mass is 509 g/mol. The molecule has 0 aromatic carbocycles. The predicted molar refractivity (Wildman–Crippen MR) is 142 cm³/mol. The van der Waals surface area contributed by atoms with Crippen molar-refractivity contribution in [1.82, 2.24) is 0 Å². The summed E-state index contributed by atoms with van der Waals surface area (Å²) in [6.07, 6.45) is 7.85. The van der Waals surface area contributed by atoms with Crippen LogP contribution in [0.4, 0.5) is 0 Å². The molecule has 37 heavy (non-hydrogen) atoms. The molecule has 0 aliphatic heterocycles. The molecule has 0 bridgehead atoms. The highest BCUT2D eigenvalue weighted by Gasteiger charge is 2.73. The predicted octanol–water partition coefficient (Wildman–Crippen LogP) is 6.99. The number of hydrogen-bond acceptors (Lipinski definition) is 3. The van der Waals surface area contributed by atoms with Gasteiger partial charge in [-0.05, 0) is 89.8 Å². The molecule has 5 fully saturated rings. The fourth-order valence-electron chi connectivity index (χ4n) is 11.5. The second-order valence-corrected chi connectivity index (χ2v) is 16.0. The molecule has 0 aromatic heterocycles. The Labute approximate surface area is 223 Å². The highest BCUT2D eigenvalue weighted by atomic mass is 16.4. The molecule has 5 rings (SSSR count). The fraction of sp³-hybridized carbons (Fsp3) is 0.875. The number of aliphatic carboxylic acids is 1. The molecule has 5 heteroatoms. The Bertz CT molecular complexity index is 1080. The van der Waals surface area contributed by atoms with Gasteiger partial charge in [0.1, 0.15) is 5.78 Å². The Morgan fingerprint density at radius 1 is 0.919 bits per heavy atom. The fourth-order valence-corrected chi connectivity index (χ4v) is 11.5. The van der Waals surface area contributed by atoms with Crippen LogP contribution in [0.15, 0.2) is 0 Å². The molecule has 0 heterocycles. The Morgan fingerprint density at radius 3 is 2.19 bits per heavy atom. The molecule has 5 saturated carbocycles. The zero-order valence-electron chi connectivity index (χ0n) is 24.1. The topological polar surface area (TPSA) is 75.8 Å². The van der Waals surface area contributed by atoms with Gasteiger partial charge in [-0.3, -0.25) is 14.4 Å². The normalized spacial score (nSPS) is 50.1. The van der Waals surface area contributed by atoms with Crippen molar-refractivity contribution in [2.75, 3.05) is 0 Å². The van der Waals surface area contributed by atoms with Crippen LogP contribution in [0.25, 0.3) is 4.85 Å². The number of carbonyl (C=O) groups is 3. The van der Waals surface area contributed by atoms with Gasteiger partial charge in [0.05, 0.1) is 6.42 Å². The first-order chi connectivity index (χ1) is 17.0. The van der Waals surface area contributed by atoms with E-state index in [-0.39, 0.29) is 63.0 Å². The molecule has 9 atom stereocenters. The van der Waals surface area contributed by atoms with E-state index in [4.69, 9.17) is 6.57 Å². The van der Waals surface area contributed by atoms with Gasteiger partial charge in [-0.25, -0.2) is 6.57 Å². The molecule has 1 unspecified atom stereocenters. The zero-order chi connectivity index (χ0) is 27.4. The molecule has 5 nitrogen and oxygen atoms in total. The minimum Gasteiger partial charge on any atom is -0.481 e. The van der Waals surface area contributed by atoms with Crippen molar-refractivity contribution in [3.05, 3.63) is 11.4 Å². The van der Waals surface area contributed by atoms with Crippen LogP contribution in [0.2, 0.25) is 0 Å². The Hall–Kier alpha value is -1.70. The van der Waals surface area contributed by atoms with E-state index in [0.717, 1.165) is 44.9 Å². The maximum Gasteiger partial charge on any atom is 0.303 e. The standard InChI is InChI=1S/C32H47NO4/c1-27(2)11-13-32(18-24(35)36)14-12-31(7)25(19(32)16-27)21(34)15-23-29(5)17-20(33-8)26(37)28(3,4)22(29)9-10-30(23,31)6/h19-20,22-23,25H,9-18H2,1-7H3,(H,35,36)/t19-,20?,22-,23+,25-,29-,30+,31+,32+/m0/s1. The molecule has 204 valence electrons. The third kappa shape index (κ3) is 3.42. The largest absolute Gasteiger partial charge is 0.481 e. The molecule has 1 N–H and O–H groups in total. The van der Waals surface area contributed by atoms with Crippen molar-refractivity contribution < 1.29 is 19.5 Å². The quantitative estimate of drug-likeness (QED) is 0.407. The van der Waals surface area contributed by atoms with Gasteiger partial charge in [0, 0.05) is 24.2 Å². The summed E-state index contributed by atoms with van der Waals surface area (Å²) >= 11 is 0. The minimum absolute atomic E-state index is 0.0726. The van der Waals surface area contributed by atoms with E-state index < -0.39 is 17.4 Å². The number of carboxylic acid groups (broad SMARTS) is 1. The highest BCUT2D eigenvalue weighted by Crippen LogP contribution is 2.76. The summed E-state index contributed by atoms with van der Waals surface area (Å²) in [6, 6.07) is -0.618. The number of fused-ring (bicyclic) bond motifs is 7. The van der Waals surface area contributed by atoms with Crippen LogP contribution in [-0.2, 0) is 14.4 Å². The lowest BCUT2D eigenvalue weighted by molar-refractivity contribution is -0.235. The minimum atomic E-state index is -0.729. The van der Waals surface area contributed by atoms with E-state index in [9.17, 15) is 19.5 Å². The Kier molecular flexibility index (Phi) is 5.76. The molecule has 5 aliphatic rings.